The van der Waals surface area contributed by atoms with Crippen LogP contribution in [0.2, 0.25) is 0 Å². The highest BCUT2D eigenvalue weighted by atomic mass is 35.5. The Morgan fingerprint density at radius 2 is 2.03 bits per heavy atom. The Labute approximate surface area is 224 Å². The molecule has 0 fully saturated rings. The van der Waals surface area contributed by atoms with E-state index < -0.39 is 46.4 Å². The molecule has 0 aliphatic heterocycles. The number of halogens is 6. The Bertz CT molecular complexity index is 1210. The highest BCUT2D eigenvalue weighted by Gasteiger charge is 2.48. The Morgan fingerprint density at radius 1 is 1.37 bits per heavy atom. The number of alkyl halides is 5. The molecule has 2 atom stereocenters. The summed E-state index contributed by atoms with van der Waals surface area (Å²) in [6.45, 7) is 9.96. The number of anilines is 1. The number of carbonyl (C=O) groups excluding carboxylic acids is 1. The van der Waals surface area contributed by atoms with Gasteiger partial charge in [0.1, 0.15) is 17.0 Å². The molecular formula is C25H26ClF5N3O3P. The molecule has 2 rings (SSSR count). The van der Waals surface area contributed by atoms with E-state index in [2.05, 4.69) is 37.5 Å². The maximum absolute atomic E-state index is 14.7. The van der Waals surface area contributed by atoms with Gasteiger partial charge in [0, 0.05) is 18.4 Å². The molecule has 6 nitrogen and oxygen atoms in total. The van der Waals surface area contributed by atoms with Crippen LogP contribution < -0.4 is 10.3 Å². The number of allylic oxidation sites excluding steroid dienone is 5. The van der Waals surface area contributed by atoms with Gasteiger partial charge in [-0.05, 0) is 31.3 Å². The zero-order valence-corrected chi connectivity index (χ0v) is 22.6. The largest absolute Gasteiger partial charge is 0.465 e. The van der Waals surface area contributed by atoms with Gasteiger partial charge in [0.2, 0.25) is 0 Å². The molecule has 2 aromatic rings. The third kappa shape index (κ3) is 8.10. The van der Waals surface area contributed by atoms with E-state index in [9.17, 15) is 26.7 Å². The number of benzene rings is 1. The molecule has 0 aliphatic carbocycles. The van der Waals surface area contributed by atoms with E-state index in [0.717, 1.165) is 7.11 Å². The fourth-order valence-corrected chi connectivity index (χ4v) is 3.28. The van der Waals surface area contributed by atoms with Gasteiger partial charge in [-0.25, -0.2) is 23.0 Å². The van der Waals surface area contributed by atoms with Gasteiger partial charge in [-0.2, -0.15) is 13.9 Å². The Morgan fingerprint density at radius 3 is 2.45 bits per heavy atom. The molecular weight excluding hydrogens is 552 g/mol. The third-order valence-electron chi connectivity index (χ3n) is 4.62. The lowest BCUT2D eigenvalue weighted by Gasteiger charge is -2.27. The summed E-state index contributed by atoms with van der Waals surface area (Å²) in [5.74, 6) is -6.64. The van der Waals surface area contributed by atoms with Crippen LogP contribution in [0.4, 0.5) is 27.6 Å². The topological polar surface area (TPSA) is 67.9 Å². The molecule has 0 saturated heterocycles. The summed E-state index contributed by atoms with van der Waals surface area (Å²) in [5, 5.41) is 6.94. The average Bonchev–Trinajstić information content (AvgIpc) is 3.27. The third-order valence-corrected chi connectivity index (χ3v) is 5.22. The second-order valence-corrected chi connectivity index (χ2v) is 8.53. The average molecular weight is 578 g/mol. The van der Waals surface area contributed by atoms with Crippen molar-refractivity contribution in [3.8, 4) is 0 Å². The summed E-state index contributed by atoms with van der Waals surface area (Å²) < 4.78 is 79.1. The van der Waals surface area contributed by atoms with Crippen molar-refractivity contribution in [1.82, 2.24) is 5.16 Å². The summed E-state index contributed by atoms with van der Waals surface area (Å²) in [5.41, 5.74) is -2.79. The fourth-order valence-electron chi connectivity index (χ4n) is 2.85. The van der Waals surface area contributed by atoms with Crippen LogP contribution in [0.25, 0.3) is 11.6 Å². The molecule has 0 N–H and O–H groups in total. The lowest BCUT2D eigenvalue weighted by molar-refractivity contribution is -0.1000. The summed E-state index contributed by atoms with van der Waals surface area (Å²) in [7, 11) is 3.28. The normalized spacial score (nSPS) is 13.1. The smallest absolute Gasteiger partial charge is 0.349 e. The highest BCUT2D eigenvalue weighted by molar-refractivity contribution is 7.27. The summed E-state index contributed by atoms with van der Waals surface area (Å²) in [6.07, 6.45) is 1.90. The first-order valence-electron chi connectivity index (χ1n) is 10.7. The molecule has 13 heteroatoms. The Balaban J connectivity index is 0.00000132. The molecule has 0 amide bonds. The molecule has 1 aromatic carbocycles. The van der Waals surface area contributed by atoms with Crippen LogP contribution in [0, 0.1) is 0 Å². The number of esters is 1. The SMILES string of the molecule is C=C/C=C\C.C=NN(/C(=C/c1onc(/C(=C\F)C(C)Cl)c1C(=O)OC)C(F)(F)C(F)F)c1cccc(P)c1. The predicted molar refractivity (Wildman–Crippen MR) is 144 cm³/mol. The van der Waals surface area contributed by atoms with Crippen LogP contribution in [0.15, 0.2) is 70.7 Å². The fraction of sp³-hybridized carbons (Fsp3) is 0.240. The molecule has 0 radical (unpaired) electrons. The van der Waals surface area contributed by atoms with Crippen LogP contribution >= 0.6 is 20.8 Å². The highest BCUT2D eigenvalue weighted by Crippen LogP contribution is 2.38. The number of carbonyl (C=O) groups is 1. The minimum Gasteiger partial charge on any atom is -0.465 e. The molecule has 0 saturated carbocycles. The van der Waals surface area contributed by atoms with Crippen molar-refractivity contribution in [1.29, 1.82) is 0 Å². The van der Waals surface area contributed by atoms with Gasteiger partial charge in [-0.15, -0.1) is 20.8 Å². The van der Waals surface area contributed by atoms with Gasteiger partial charge in [0.15, 0.2) is 5.76 Å². The molecule has 0 aliphatic rings. The molecule has 1 heterocycles. The molecule has 1 aromatic heterocycles. The van der Waals surface area contributed by atoms with Crippen LogP contribution in [-0.4, -0.2) is 42.7 Å². The van der Waals surface area contributed by atoms with Crippen molar-refractivity contribution in [3.63, 3.8) is 0 Å². The van der Waals surface area contributed by atoms with Crippen molar-refractivity contribution >= 4 is 56.2 Å². The Kier molecular flexibility index (Phi) is 13.1. The monoisotopic (exact) mass is 577 g/mol. The quantitative estimate of drug-likeness (QED) is 0.0578. The minimum atomic E-state index is -4.78. The second kappa shape index (κ2) is 15.2. The number of nitrogens with zero attached hydrogens (tertiary/aromatic N) is 3. The van der Waals surface area contributed by atoms with E-state index in [-0.39, 0.29) is 17.6 Å². The van der Waals surface area contributed by atoms with Crippen molar-refractivity contribution in [2.24, 2.45) is 5.10 Å². The van der Waals surface area contributed by atoms with Crippen molar-refractivity contribution in [2.45, 2.75) is 31.6 Å². The van der Waals surface area contributed by atoms with E-state index in [1.165, 1.54) is 25.1 Å². The summed E-state index contributed by atoms with van der Waals surface area (Å²) in [6, 6.07) is 5.77. The number of hydrogen-bond acceptors (Lipinski definition) is 6. The first kappa shape index (κ1) is 32.7. The predicted octanol–water partition coefficient (Wildman–Crippen LogP) is 7.01. The van der Waals surface area contributed by atoms with Gasteiger partial charge in [-0.3, -0.25) is 0 Å². The van der Waals surface area contributed by atoms with E-state index >= 15 is 0 Å². The summed E-state index contributed by atoms with van der Waals surface area (Å²) >= 11 is 5.89. The maximum Gasteiger partial charge on any atom is 0.349 e. The first-order valence-corrected chi connectivity index (χ1v) is 11.7. The molecule has 38 heavy (non-hydrogen) atoms. The molecule has 0 spiro atoms. The molecule has 206 valence electrons. The van der Waals surface area contributed by atoms with Crippen molar-refractivity contribution < 1.29 is 36.0 Å². The van der Waals surface area contributed by atoms with Gasteiger partial charge in [-0.1, -0.05) is 42.1 Å². The van der Waals surface area contributed by atoms with Gasteiger partial charge in [0.25, 0.3) is 0 Å². The zero-order valence-electron chi connectivity index (χ0n) is 20.7. The maximum atomic E-state index is 14.7. The Hall–Kier alpha value is -3.30. The van der Waals surface area contributed by atoms with Crippen molar-refractivity contribution in [2.75, 3.05) is 12.1 Å². The molecule has 0 bridgehead atoms. The van der Waals surface area contributed by atoms with Crippen LogP contribution in [0.3, 0.4) is 0 Å². The number of rotatable bonds is 10. The van der Waals surface area contributed by atoms with E-state index in [4.69, 9.17) is 16.1 Å². The van der Waals surface area contributed by atoms with Crippen LogP contribution in [-0.2, 0) is 4.74 Å². The minimum absolute atomic E-state index is 0.0397. The summed E-state index contributed by atoms with van der Waals surface area (Å²) in [4.78, 5) is 12.3. The van der Waals surface area contributed by atoms with Gasteiger partial charge >= 0.3 is 18.3 Å². The number of methoxy groups -OCH3 is 1. The van der Waals surface area contributed by atoms with Gasteiger partial charge < -0.3 is 9.26 Å². The second-order valence-electron chi connectivity index (χ2n) is 7.21. The zero-order chi connectivity index (χ0) is 29.0. The standard InChI is InChI=1S/C20H18ClF5N3O3P.C5H8/c1-10(21)13(9-22)17-16(18(30)31-3)14(32-28-17)8-15(20(25,26)19(23)24)29(27-2)11-5-4-6-12(33)7-11;1-3-5-4-2/h4-10,19H,2,33H2,1,3H3;3-5H,1H2,2H3/b13-9-,15-8+;5-4-. The van der Waals surface area contributed by atoms with E-state index in [0.29, 0.717) is 16.4 Å². The number of hydrogen-bond donors (Lipinski definition) is 0. The molecule has 2 unspecified atom stereocenters. The van der Waals surface area contributed by atoms with Crippen LogP contribution in [0.1, 0.15) is 35.7 Å². The number of hydrazone groups is 1. The number of ether oxygens (including phenoxy) is 1. The lowest BCUT2D eigenvalue weighted by atomic mass is 10.0. The number of aromatic nitrogens is 1. The van der Waals surface area contributed by atoms with E-state index in [1.807, 2.05) is 19.1 Å². The lowest BCUT2D eigenvalue weighted by Crippen LogP contribution is -2.37. The van der Waals surface area contributed by atoms with Gasteiger partial charge in [0.05, 0.1) is 24.5 Å². The first-order chi connectivity index (χ1) is 17.9. The van der Waals surface area contributed by atoms with E-state index in [1.54, 1.807) is 12.1 Å². The van der Waals surface area contributed by atoms with Crippen molar-refractivity contribution in [3.05, 3.63) is 78.1 Å². The van der Waals surface area contributed by atoms with Crippen LogP contribution in [0.5, 0.6) is 0 Å².